The van der Waals surface area contributed by atoms with Gasteiger partial charge in [-0.25, -0.2) is 0 Å². The lowest BCUT2D eigenvalue weighted by atomic mass is 10.2. The number of hydrogen-bond acceptors (Lipinski definition) is 3. The topological polar surface area (TPSA) is 35.5 Å². The van der Waals surface area contributed by atoms with Crippen LogP contribution < -0.4 is 9.47 Å². The van der Waals surface area contributed by atoms with Crippen molar-refractivity contribution in [1.82, 2.24) is 0 Å². The summed E-state index contributed by atoms with van der Waals surface area (Å²) in [5.41, 5.74) is 1.77. The zero-order valence-electron chi connectivity index (χ0n) is 10.8. The van der Waals surface area contributed by atoms with E-state index in [1.165, 1.54) is 0 Å². The molecule has 0 heterocycles. The minimum Gasteiger partial charge on any atom is -0.490 e. The third-order valence-electron chi connectivity index (χ3n) is 2.60. The van der Waals surface area contributed by atoms with E-state index in [1.807, 2.05) is 37.3 Å². The van der Waals surface area contributed by atoms with E-state index in [-0.39, 0.29) is 0 Å². The lowest BCUT2D eigenvalue weighted by Crippen LogP contribution is -2.09. The smallest absolute Gasteiger partial charge is 0.150 e. The first-order valence-electron chi connectivity index (χ1n) is 6.15. The largest absolute Gasteiger partial charge is 0.490 e. The minimum atomic E-state index is 0.441. The van der Waals surface area contributed by atoms with Gasteiger partial charge in [-0.05, 0) is 36.8 Å². The van der Waals surface area contributed by atoms with Crippen molar-refractivity contribution < 1.29 is 14.3 Å². The maximum Gasteiger partial charge on any atom is 0.150 e. The van der Waals surface area contributed by atoms with Crippen molar-refractivity contribution in [1.29, 1.82) is 0 Å². The van der Waals surface area contributed by atoms with Crippen LogP contribution in [0.2, 0.25) is 0 Å². The maximum absolute atomic E-state index is 10.6. The normalized spacial score (nSPS) is 9.95. The van der Waals surface area contributed by atoms with Gasteiger partial charge in [0.05, 0.1) is 0 Å². The Morgan fingerprint density at radius 3 is 2.21 bits per heavy atom. The summed E-state index contributed by atoms with van der Waals surface area (Å²) in [4.78, 5) is 10.6. The molecule has 0 saturated heterocycles. The Morgan fingerprint density at radius 2 is 1.58 bits per heavy atom. The zero-order valence-corrected chi connectivity index (χ0v) is 10.8. The van der Waals surface area contributed by atoms with Crippen LogP contribution in [0.5, 0.6) is 11.5 Å². The number of aldehydes is 1. The lowest BCUT2D eigenvalue weighted by molar-refractivity contribution is 0.112. The summed E-state index contributed by atoms with van der Waals surface area (Å²) < 4.78 is 11.1. The molecule has 0 saturated carbocycles. The van der Waals surface area contributed by atoms with Gasteiger partial charge in [0.15, 0.2) is 0 Å². The first kappa shape index (κ1) is 13.1. The van der Waals surface area contributed by atoms with Crippen molar-refractivity contribution in [2.75, 3.05) is 13.2 Å². The molecule has 0 spiro atoms. The molecule has 0 bridgehead atoms. The van der Waals surface area contributed by atoms with Gasteiger partial charge in [-0.3, -0.25) is 4.79 Å². The highest BCUT2D eigenvalue weighted by Crippen LogP contribution is 2.13. The monoisotopic (exact) mass is 256 g/mol. The van der Waals surface area contributed by atoms with Crippen molar-refractivity contribution in [2.45, 2.75) is 6.92 Å². The minimum absolute atomic E-state index is 0.441. The second-order valence-electron chi connectivity index (χ2n) is 4.20. The highest BCUT2D eigenvalue weighted by Gasteiger charge is 1.97. The Balaban J connectivity index is 1.79. The molecule has 0 amide bonds. The molecule has 0 unspecified atom stereocenters. The Bertz CT molecular complexity index is 549. The highest BCUT2D eigenvalue weighted by atomic mass is 16.5. The molecule has 2 rings (SSSR count). The van der Waals surface area contributed by atoms with Gasteiger partial charge in [0.2, 0.25) is 0 Å². The summed E-state index contributed by atoms with van der Waals surface area (Å²) >= 11 is 0. The number of hydrogen-bond donors (Lipinski definition) is 0. The molecule has 3 heteroatoms. The Morgan fingerprint density at radius 1 is 0.947 bits per heavy atom. The fourth-order valence-electron chi connectivity index (χ4n) is 1.70. The van der Waals surface area contributed by atoms with Crippen LogP contribution in [0.3, 0.4) is 0 Å². The Hall–Kier alpha value is -2.29. The van der Waals surface area contributed by atoms with E-state index in [4.69, 9.17) is 9.47 Å². The van der Waals surface area contributed by atoms with Crippen LogP contribution in [0.1, 0.15) is 15.9 Å². The predicted octanol–water partition coefficient (Wildman–Crippen LogP) is 3.27. The summed E-state index contributed by atoms with van der Waals surface area (Å²) in [6, 6.07) is 14.9. The second-order valence-corrected chi connectivity index (χ2v) is 4.20. The third-order valence-corrected chi connectivity index (χ3v) is 2.60. The fraction of sp³-hybridized carbons (Fsp3) is 0.188. The van der Waals surface area contributed by atoms with Crippen molar-refractivity contribution in [3.8, 4) is 11.5 Å². The molecule has 0 fully saturated rings. The molecule has 0 aliphatic rings. The van der Waals surface area contributed by atoms with Crippen LogP contribution in [0.15, 0.2) is 48.5 Å². The SMILES string of the molecule is Cc1cccc(OCCOc2cccc(C=O)c2)c1. The second kappa shape index (κ2) is 6.59. The van der Waals surface area contributed by atoms with Gasteiger partial charge in [0.1, 0.15) is 31.0 Å². The number of ether oxygens (including phenoxy) is 2. The van der Waals surface area contributed by atoms with Crippen LogP contribution in [-0.4, -0.2) is 19.5 Å². The molecule has 3 nitrogen and oxygen atoms in total. The van der Waals surface area contributed by atoms with Crippen LogP contribution in [0, 0.1) is 6.92 Å². The summed E-state index contributed by atoms with van der Waals surface area (Å²) in [6.07, 6.45) is 0.802. The summed E-state index contributed by atoms with van der Waals surface area (Å²) in [7, 11) is 0. The summed E-state index contributed by atoms with van der Waals surface area (Å²) in [5.74, 6) is 1.52. The van der Waals surface area contributed by atoms with Gasteiger partial charge in [0.25, 0.3) is 0 Å². The van der Waals surface area contributed by atoms with Crippen molar-refractivity contribution in [3.63, 3.8) is 0 Å². The predicted molar refractivity (Wildman–Crippen MR) is 74.0 cm³/mol. The molecule has 0 N–H and O–H groups in total. The number of rotatable bonds is 6. The van der Waals surface area contributed by atoms with Gasteiger partial charge in [-0.15, -0.1) is 0 Å². The first-order chi connectivity index (χ1) is 9.28. The molecule has 2 aromatic rings. The molecule has 0 radical (unpaired) electrons. The van der Waals surface area contributed by atoms with Gasteiger partial charge in [0, 0.05) is 5.56 Å². The summed E-state index contributed by atoms with van der Waals surface area (Å²) in [5, 5.41) is 0. The molecule has 0 atom stereocenters. The zero-order chi connectivity index (χ0) is 13.5. The molecule has 0 aliphatic heterocycles. The van der Waals surface area contributed by atoms with Gasteiger partial charge >= 0.3 is 0 Å². The molecule has 19 heavy (non-hydrogen) atoms. The third kappa shape index (κ3) is 4.14. The van der Waals surface area contributed by atoms with E-state index in [1.54, 1.807) is 18.2 Å². The number of carbonyl (C=O) groups excluding carboxylic acids is 1. The Labute approximate surface area is 112 Å². The van der Waals surface area contributed by atoms with E-state index in [0.29, 0.717) is 24.5 Å². The van der Waals surface area contributed by atoms with Gasteiger partial charge < -0.3 is 9.47 Å². The number of carbonyl (C=O) groups is 1. The molecular formula is C16H16O3. The van der Waals surface area contributed by atoms with Crippen LogP contribution in [-0.2, 0) is 0 Å². The van der Waals surface area contributed by atoms with E-state index >= 15 is 0 Å². The molecule has 98 valence electrons. The molecule has 2 aromatic carbocycles. The van der Waals surface area contributed by atoms with Crippen molar-refractivity contribution in [3.05, 3.63) is 59.7 Å². The quantitative estimate of drug-likeness (QED) is 0.588. The standard InChI is InChI=1S/C16H16O3/c1-13-4-2-6-15(10-13)18-8-9-19-16-7-3-5-14(11-16)12-17/h2-7,10-12H,8-9H2,1H3. The maximum atomic E-state index is 10.6. The van der Waals surface area contributed by atoms with Crippen LogP contribution in [0.25, 0.3) is 0 Å². The van der Waals surface area contributed by atoms with E-state index in [0.717, 1.165) is 17.6 Å². The number of benzene rings is 2. The highest BCUT2D eigenvalue weighted by molar-refractivity contribution is 5.75. The average molecular weight is 256 g/mol. The molecule has 0 aromatic heterocycles. The fourth-order valence-corrected chi connectivity index (χ4v) is 1.70. The van der Waals surface area contributed by atoms with Gasteiger partial charge in [-0.1, -0.05) is 24.3 Å². The average Bonchev–Trinajstić information content (AvgIpc) is 2.44. The van der Waals surface area contributed by atoms with Gasteiger partial charge in [-0.2, -0.15) is 0 Å². The lowest BCUT2D eigenvalue weighted by Gasteiger charge is -2.09. The van der Waals surface area contributed by atoms with Crippen molar-refractivity contribution >= 4 is 6.29 Å². The van der Waals surface area contributed by atoms with Crippen LogP contribution >= 0.6 is 0 Å². The Kier molecular flexibility index (Phi) is 4.56. The van der Waals surface area contributed by atoms with E-state index in [9.17, 15) is 4.79 Å². The van der Waals surface area contributed by atoms with E-state index in [2.05, 4.69) is 0 Å². The first-order valence-corrected chi connectivity index (χ1v) is 6.15. The molecule has 0 aliphatic carbocycles. The van der Waals surface area contributed by atoms with Crippen molar-refractivity contribution in [2.24, 2.45) is 0 Å². The molecular weight excluding hydrogens is 240 g/mol. The van der Waals surface area contributed by atoms with E-state index < -0.39 is 0 Å². The number of aryl methyl sites for hydroxylation is 1. The summed E-state index contributed by atoms with van der Waals surface area (Å²) in [6.45, 7) is 2.93. The van der Waals surface area contributed by atoms with Crippen LogP contribution in [0.4, 0.5) is 0 Å².